The van der Waals surface area contributed by atoms with Gasteiger partial charge in [-0.3, -0.25) is 19.8 Å². The van der Waals surface area contributed by atoms with Crippen LogP contribution in [0.4, 0.5) is 9.59 Å². The van der Waals surface area contributed by atoms with E-state index in [9.17, 15) is 19.2 Å². The summed E-state index contributed by atoms with van der Waals surface area (Å²) in [5, 5.41) is 7.71. The molecule has 8 nitrogen and oxygen atoms in total. The third-order valence-corrected chi connectivity index (χ3v) is 5.36. The third kappa shape index (κ3) is 4.55. The smallest absolute Gasteiger partial charge is 0.325 e. The van der Waals surface area contributed by atoms with Crippen molar-refractivity contribution in [2.24, 2.45) is 0 Å². The van der Waals surface area contributed by atoms with E-state index in [4.69, 9.17) is 23.2 Å². The predicted molar refractivity (Wildman–Crippen MR) is 111 cm³/mol. The summed E-state index contributed by atoms with van der Waals surface area (Å²) in [4.78, 5) is 50.0. The molecule has 6 amide bonds. The fraction of sp³-hybridized carbons (Fsp3) is 0.200. The second-order valence-corrected chi connectivity index (χ2v) is 7.61. The Bertz CT molecular complexity index is 1020. The quantitative estimate of drug-likeness (QED) is 0.611. The Morgan fingerprint density at radius 3 is 2.43 bits per heavy atom. The molecule has 0 saturated carbocycles. The molecule has 1 heterocycles. The van der Waals surface area contributed by atoms with Gasteiger partial charge in [0.05, 0.1) is 10.0 Å². The molecule has 0 radical (unpaired) electrons. The summed E-state index contributed by atoms with van der Waals surface area (Å²) >= 11 is 11.9. The van der Waals surface area contributed by atoms with Crippen molar-refractivity contribution >= 4 is 47.1 Å². The summed E-state index contributed by atoms with van der Waals surface area (Å²) in [7, 11) is 0. The van der Waals surface area contributed by atoms with Crippen molar-refractivity contribution in [1.82, 2.24) is 20.9 Å². The zero-order valence-corrected chi connectivity index (χ0v) is 17.4. The molecule has 3 N–H and O–H groups in total. The summed E-state index contributed by atoms with van der Waals surface area (Å²) in [6.45, 7) is 1.11. The van der Waals surface area contributed by atoms with Crippen LogP contribution in [0.3, 0.4) is 0 Å². The van der Waals surface area contributed by atoms with Gasteiger partial charge in [0, 0.05) is 6.54 Å². The van der Waals surface area contributed by atoms with Crippen LogP contribution in [0.2, 0.25) is 10.0 Å². The summed E-state index contributed by atoms with van der Waals surface area (Å²) in [6, 6.07) is 12.2. The first kappa shape index (κ1) is 21.6. The molecule has 0 aromatic heterocycles. The van der Waals surface area contributed by atoms with E-state index in [2.05, 4.69) is 16.0 Å². The van der Waals surface area contributed by atoms with E-state index in [0.717, 1.165) is 10.5 Å². The molecule has 10 heteroatoms. The van der Waals surface area contributed by atoms with E-state index in [1.165, 1.54) is 19.1 Å². The molecule has 1 aliphatic heterocycles. The number of hydrogen-bond acceptors (Lipinski definition) is 4. The van der Waals surface area contributed by atoms with Gasteiger partial charge >= 0.3 is 12.1 Å². The lowest BCUT2D eigenvalue weighted by Gasteiger charge is -2.22. The van der Waals surface area contributed by atoms with Gasteiger partial charge in [-0.2, -0.15) is 0 Å². The van der Waals surface area contributed by atoms with Crippen LogP contribution in [-0.4, -0.2) is 35.3 Å². The maximum Gasteiger partial charge on any atom is 0.325 e. The number of imide groups is 2. The molecule has 0 spiro atoms. The van der Waals surface area contributed by atoms with E-state index in [1.54, 1.807) is 6.07 Å². The van der Waals surface area contributed by atoms with Crippen LogP contribution in [0.5, 0.6) is 0 Å². The number of hydrogen-bond donors (Lipinski definition) is 3. The Kier molecular flexibility index (Phi) is 6.28. The van der Waals surface area contributed by atoms with Crippen molar-refractivity contribution in [2.75, 3.05) is 6.54 Å². The number of rotatable bonds is 5. The Balaban J connectivity index is 1.61. The van der Waals surface area contributed by atoms with E-state index in [-0.39, 0.29) is 11.6 Å². The molecule has 1 saturated heterocycles. The number of carbonyl (C=O) groups excluding carboxylic acids is 4. The molecule has 1 unspecified atom stereocenters. The van der Waals surface area contributed by atoms with Crippen molar-refractivity contribution in [2.45, 2.75) is 19.0 Å². The van der Waals surface area contributed by atoms with Gasteiger partial charge in [-0.25, -0.2) is 9.59 Å². The fourth-order valence-corrected chi connectivity index (χ4v) is 3.27. The van der Waals surface area contributed by atoms with Crippen molar-refractivity contribution in [1.29, 1.82) is 0 Å². The van der Waals surface area contributed by atoms with Crippen molar-refractivity contribution < 1.29 is 19.2 Å². The molecular weight excluding hydrogens is 431 g/mol. The maximum atomic E-state index is 12.9. The number of amides is 6. The lowest BCUT2D eigenvalue weighted by atomic mass is 9.92. The molecule has 1 fully saturated rings. The second-order valence-electron chi connectivity index (χ2n) is 6.79. The minimum Gasteiger partial charge on any atom is -0.334 e. The predicted octanol–water partition coefficient (Wildman–Crippen LogP) is 2.79. The summed E-state index contributed by atoms with van der Waals surface area (Å²) in [6.07, 6.45) is 0. The Hall–Kier alpha value is -3.10. The number of benzene rings is 2. The summed E-state index contributed by atoms with van der Waals surface area (Å²) < 4.78 is 0. The van der Waals surface area contributed by atoms with E-state index < -0.39 is 36.0 Å². The van der Waals surface area contributed by atoms with Crippen LogP contribution in [0, 0.1) is 0 Å². The van der Waals surface area contributed by atoms with Crippen molar-refractivity contribution in [3.8, 4) is 0 Å². The molecule has 2 aromatic carbocycles. The highest BCUT2D eigenvalue weighted by atomic mass is 35.5. The normalized spacial score (nSPS) is 18.2. The Morgan fingerprint density at radius 2 is 1.77 bits per heavy atom. The van der Waals surface area contributed by atoms with Crippen LogP contribution >= 0.6 is 23.2 Å². The minimum absolute atomic E-state index is 0.221. The average Bonchev–Trinajstić information content (AvgIpc) is 2.93. The van der Waals surface area contributed by atoms with E-state index >= 15 is 0 Å². The molecule has 0 bridgehead atoms. The number of carbonyl (C=O) groups is 4. The number of urea groups is 2. The molecule has 1 atom stereocenters. The standard InChI is InChI=1S/C20H18Cl2N4O4/c1-20(13-7-8-14(21)15(22)9-13)17(28)26(19(30)25-20)11-16(27)24-18(29)23-10-12-5-3-2-4-6-12/h2-9H,10-11H2,1H3,(H,25,30)(H2,23,24,27,29). The highest BCUT2D eigenvalue weighted by molar-refractivity contribution is 6.42. The second kappa shape index (κ2) is 8.73. The van der Waals surface area contributed by atoms with Crippen molar-refractivity contribution in [3.63, 3.8) is 0 Å². The molecule has 0 aliphatic carbocycles. The maximum absolute atomic E-state index is 12.9. The first-order chi connectivity index (χ1) is 14.2. The molecular formula is C20H18Cl2N4O4. The first-order valence-corrected chi connectivity index (χ1v) is 9.67. The monoisotopic (exact) mass is 448 g/mol. The molecule has 30 heavy (non-hydrogen) atoms. The zero-order chi connectivity index (χ0) is 21.9. The molecule has 156 valence electrons. The van der Waals surface area contributed by atoms with Crippen molar-refractivity contribution in [3.05, 3.63) is 69.7 Å². The largest absolute Gasteiger partial charge is 0.334 e. The lowest BCUT2D eigenvalue weighted by Crippen LogP contribution is -2.46. The van der Waals surface area contributed by atoms with Gasteiger partial charge in [0.15, 0.2) is 0 Å². The first-order valence-electron chi connectivity index (χ1n) is 8.92. The number of nitrogens with one attached hydrogen (secondary N) is 3. The third-order valence-electron chi connectivity index (χ3n) is 4.62. The van der Waals surface area contributed by atoms with Crippen LogP contribution in [0.1, 0.15) is 18.1 Å². The van der Waals surface area contributed by atoms with Gasteiger partial charge in [-0.15, -0.1) is 0 Å². The highest BCUT2D eigenvalue weighted by Crippen LogP contribution is 2.32. The van der Waals surface area contributed by atoms with Crippen LogP contribution < -0.4 is 16.0 Å². The summed E-state index contributed by atoms with van der Waals surface area (Å²) in [5.41, 5.74) is -0.147. The van der Waals surface area contributed by atoms with Crippen LogP contribution in [0.15, 0.2) is 48.5 Å². The topological polar surface area (TPSA) is 108 Å². The van der Waals surface area contributed by atoms with Gasteiger partial charge < -0.3 is 10.6 Å². The van der Waals surface area contributed by atoms with Crippen LogP contribution in [0.25, 0.3) is 0 Å². The zero-order valence-electron chi connectivity index (χ0n) is 15.9. The molecule has 1 aliphatic rings. The Labute approximate surface area is 182 Å². The van der Waals surface area contributed by atoms with E-state index in [0.29, 0.717) is 10.6 Å². The molecule has 3 rings (SSSR count). The van der Waals surface area contributed by atoms with E-state index in [1.807, 2.05) is 30.3 Å². The van der Waals surface area contributed by atoms with Gasteiger partial charge in [0.25, 0.3) is 5.91 Å². The number of halogens is 2. The van der Waals surface area contributed by atoms with Gasteiger partial charge in [0.1, 0.15) is 12.1 Å². The van der Waals surface area contributed by atoms with Gasteiger partial charge in [-0.05, 0) is 30.2 Å². The SMILES string of the molecule is CC1(c2ccc(Cl)c(Cl)c2)NC(=O)N(CC(=O)NC(=O)NCc2ccccc2)C1=O. The Morgan fingerprint density at radius 1 is 1.07 bits per heavy atom. The summed E-state index contributed by atoms with van der Waals surface area (Å²) in [5.74, 6) is -1.45. The average molecular weight is 449 g/mol. The van der Waals surface area contributed by atoms with Gasteiger partial charge in [0.2, 0.25) is 5.91 Å². The highest BCUT2D eigenvalue weighted by Gasteiger charge is 2.49. The lowest BCUT2D eigenvalue weighted by molar-refractivity contribution is -0.134. The van der Waals surface area contributed by atoms with Gasteiger partial charge in [-0.1, -0.05) is 59.6 Å². The molecule has 2 aromatic rings. The van der Waals surface area contributed by atoms with Crippen LogP contribution in [-0.2, 0) is 21.7 Å². The number of nitrogens with zero attached hydrogens (tertiary/aromatic N) is 1. The fourth-order valence-electron chi connectivity index (χ4n) is 2.98. The minimum atomic E-state index is -1.42.